The van der Waals surface area contributed by atoms with Gasteiger partial charge in [0.15, 0.2) is 5.82 Å². The second kappa shape index (κ2) is 3.79. The van der Waals surface area contributed by atoms with E-state index in [0.29, 0.717) is 0 Å². The number of anilines is 1. The van der Waals surface area contributed by atoms with E-state index in [-0.39, 0.29) is 23.9 Å². The van der Waals surface area contributed by atoms with Gasteiger partial charge < -0.3 is 10.7 Å². The van der Waals surface area contributed by atoms with Crippen LogP contribution in [0.2, 0.25) is 0 Å². The molecule has 0 saturated heterocycles. The van der Waals surface area contributed by atoms with Crippen LogP contribution in [0.1, 0.15) is 10.5 Å². The number of carbonyl (C=O) groups excluding carboxylic acids is 1. The molecule has 0 spiro atoms. The van der Waals surface area contributed by atoms with Gasteiger partial charge in [0.1, 0.15) is 5.69 Å². The third kappa shape index (κ3) is 1.82. The van der Waals surface area contributed by atoms with Crippen LogP contribution < -0.4 is 11.2 Å². The lowest BCUT2D eigenvalue weighted by molar-refractivity contribution is 0.0702. The molecule has 0 atom stereocenters. The number of nitrogens with zero attached hydrogens (tertiary/aromatic N) is 1. The van der Waals surface area contributed by atoms with E-state index in [1.54, 1.807) is 0 Å². The summed E-state index contributed by atoms with van der Waals surface area (Å²) in [5.74, 6) is -0.637. The molecular weight excluding hydrogens is 172 g/mol. The van der Waals surface area contributed by atoms with Gasteiger partial charge in [-0.2, -0.15) is 0 Å². The average Bonchev–Trinajstić information content (AvgIpc) is 2.34. The van der Waals surface area contributed by atoms with Gasteiger partial charge in [0.2, 0.25) is 0 Å². The molecule has 0 bridgehead atoms. The second-order valence-electron chi connectivity index (χ2n) is 1.60. The molecule has 0 saturated carbocycles. The molecule has 1 heterocycles. The second-order valence-corrected chi connectivity index (χ2v) is 1.60. The van der Waals surface area contributed by atoms with Crippen LogP contribution in [0.4, 0.5) is 5.82 Å². The molecule has 0 radical (unpaired) electrons. The molecule has 1 rings (SSSR count). The lowest BCUT2D eigenvalue weighted by Crippen LogP contribution is -2.20. The molecular formula is C4H7ClN4O2. The number of nitrogens with one attached hydrogen (secondary N) is 2. The molecule has 6 nitrogen and oxygen atoms in total. The van der Waals surface area contributed by atoms with E-state index in [1.165, 1.54) is 11.8 Å². The van der Waals surface area contributed by atoms with E-state index in [2.05, 4.69) is 9.97 Å². The number of halogens is 1. The first-order chi connectivity index (χ1) is 4.75. The van der Waals surface area contributed by atoms with Crippen LogP contribution in [0.15, 0.2) is 6.33 Å². The monoisotopic (exact) mass is 178 g/mol. The first-order valence-electron chi connectivity index (χ1n) is 2.49. The Balaban J connectivity index is 0.000001000. The van der Waals surface area contributed by atoms with Crippen molar-refractivity contribution >= 4 is 24.1 Å². The molecule has 11 heavy (non-hydrogen) atoms. The highest BCUT2D eigenvalue weighted by Crippen LogP contribution is 2.01. The summed E-state index contributed by atoms with van der Waals surface area (Å²) in [6, 6.07) is 0. The van der Waals surface area contributed by atoms with Gasteiger partial charge in [-0.1, -0.05) is 0 Å². The van der Waals surface area contributed by atoms with E-state index in [9.17, 15) is 4.79 Å². The zero-order chi connectivity index (χ0) is 7.56. The predicted molar refractivity (Wildman–Crippen MR) is 39.5 cm³/mol. The number of hydrogen-bond donors (Lipinski definition) is 4. The van der Waals surface area contributed by atoms with Gasteiger partial charge in [-0.3, -0.25) is 10.0 Å². The van der Waals surface area contributed by atoms with E-state index < -0.39 is 5.91 Å². The summed E-state index contributed by atoms with van der Waals surface area (Å²) in [7, 11) is 0. The fourth-order valence-electron chi connectivity index (χ4n) is 0.543. The van der Waals surface area contributed by atoms with Crippen LogP contribution in [0.5, 0.6) is 0 Å². The number of nitrogens with two attached hydrogens (primary N) is 1. The van der Waals surface area contributed by atoms with Gasteiger partial charge in [0, 0.05) is 0 Å². The first-order valence-corrected chi connectivity index (χ1v) is 2.49. The molecule has 1 amide bonds. The Kier molecular flexibility index (Phi) is 3.35. The molecule has 0 aromatic carbocycles. The maximum absolute atomic E-state index is 10.6. The Morgan fingerprint density at radius 3 is 2.82 bits per heavy atom. The Morgan fingerprint density at radius 2 is 2.45 bits per heavy atom. The largest absolute Gasteiger partial charge is 0.382 e. The van der Waals surface area contributed by atoms with Crippen molar-refractivity contribution in [3.8, 4) is 0 Å². The van der Waals surface area contributed by atoms with Crippen LogP contribution in [0.25, 0.3) is 0 Å². The highest BCUT2D eigenvalue weighted by atomic mass is 35.5. The van der Waals surface area contributed by atoms with Gasteiger partial charge in [0.05, 0.1) is 6.33 Å². The van der Waals surface area contributed by atoms with Crippen LogP contribution in [-0.4, -0.2) is 21.1 Å². The van der Waals surface area contributed by atoms with E-state index in [4.69, 9.17) is 10.9 Å². The van der Waals surface area contributed by atoms with Crippen LogP contribution >= 0.6 is 12.4 Å². The van der Waals surface area contributed by atoms with Crippen molar-refractivity contribution in [3.05, 3.63) is 12.0 Å². The highest BCUT2D eigenvalue weighted by Gasteiger charge is 2.09. The Hall–Kier alpha value is -1.27. The van der Waals surface area contributed by atoms with E-state index in [0.717, 1.165) is 0 Å². The molecule has 0 unspecified atom stereocenters. The molecule has 1 aromatic heterocycles. The molecule has 0 aliphatic heterocycles. The number of hydrogen-bond acceptors (Lipinski definition) is 4. The Labute approximate surface area is 68.2 Å². The van der Waals surface area contributed by atoms with Crippen molar-refractivity contribution in [2.75, 3.05) is 5.73 Å². The highest BCUT2D eigenvalue weighted by molar-refractivity contribution is 5.95. The number of rotatable bonds is 1. The molecule has 0 aliphatic rings. The third-order valence-electron chi connectivity index (χ3n) is 0.997. The zero-order valence-electron chi connectivity index (χ0n) is 5.37. The van der Waals surface area contributed by atoms with Gasteiger partial charge in [0.25, 0.3) is 5.91 Å². The lowest BCUT2D eigenvalue weighted by Gasteiger charge is -1.92. The van der Waals surface area contributed by atoms with Gasteiger partial charge in [-0.05, 0) is 0 Å². The quantitative estimate of drug-likeness (QED) is 0.345. The standard InChI is InChI=1S/C4H6N4O2.ClH/c5-3-2(4(9)8-10)6-1-7-3;/h1,10H,5H2,(H,6,7)(H,8,9);1H. The number of H-pyrrole nitrogens is 1. The van der Waals surface area contributed by atoms with Gasteiger partial charge >= 0.3 is 0 Å². The molecule has 5 N–H and O–H groups in total. The minimum absolute atomic E-state index is 0. The topological polar surface area (TPSA) is 104 Å². The zero-order valence-corrected chi connectivity index (χ0v) is 6.18. The normalized spacial score (nSPS) is 8.45. The number of nitrogen functional groups attached to an aromatic ring is 1. The number of aromatic amines is 1. The van der Waals surface area contributed by atoms with E-state index in [1.807, 2.05) is 0 Å². The number of amides is 1. The summed E-state index contributed by atoms with van der Waals surface area (Å²) in [5, 5.41) is 8.13. The van der Waals surface area contributed by atoms with Crippen molar-refractivity contribution in [1.29, 1.82) is 0 Å². The maximum Gasteiger partial charge on any atom is 0.294 e. The molecule has 7 heteroatoms. The number of aromatic nitrogens is 2. The summed E-state index contributed by atoms with van der Waals surface area (Å²) < 4.78 is 0. The molecule has 0 fully saturated rings. The number of carbonyl (C=O) groups is 1. The van der Waals surface area contributed by atoms with Crippen LogP contribution in [-0.2, 0) is 0 Å². The summed E-state index contributed by atoms with van der Waals surface area (Å²) >= 11 is 0. The van der Waals surface area contributed by atoms with Crippen LogP contribution in [0, 0.1) is 0 Å². The molecule has 0 aliphatic carbocycles. The number of hydroxylamine groups is 1. The van der Waals surface area contributed by atoms with E-state index >= 15 is 0 Å². The van der Waals surface area contributed by atoms with Crippen molar-refractivity contribution in [3.63, 3.8) is 0 Å². The van der Waals surface area contributed by atoms with Crippen LogP contribution in [0.3, 0.4) is 0 Å². The smallest absolute Gasteiger partial charge is 0.294 e. The molecule has 62 valence electrons. The minimum atomic E-state index is -0.699. The summed E-state index contributed by atoms with van der Waals surface area (Å²) in [6.07, 6.45) is 1.26. The molecule has 1 aromatic rings. The maximum atomic E-state index is 10.6. The summed E-state index contributed by atoms with van der Waals surface area (Å²) in [5.41, 5.74) is 6.68. The SMILES string of the molecule is Cl.Nc1nc[nH]c1C(=O)NO. The fourth-order valence-corrected chi connectivity index (χ4v) is 0.543. The Bertz CT molecular complexity index is 248. The first kappa shape index (κ1) is 9.73. The van der Waals surface area contributed by atoms with Crippen molar-refractivity contribution in [2.45, 2.75) is 0 Å². The summed E-state index contributed by atoms with van der Waals surface area (Å²) in [4.78, 5) is 16.6. The van der Waals surface area contributed by atoms with Gasteiger partial charge in [-0.25, -0.2) is 10.5 Å². The summed E-state index contributed by atoms with van der Waals surface area (Å²) in [6.45, 7) is 0. The van der Waals surface area contributed by atoms with Crippen molar-refractivity contribution < 1.29 is 10.0 Å². The average molecular weight is 179 g/mol. The fraction of sp³-hybridized carbons (Fsp3) is 0. The van der Waals surface area contributed by atoms with Crippen molar-refractivity contribution in [2.24, 2.45) is 0 Å². The predicted octanol–water partition coefficient (Wildman–Crippen LogP) is -0.467. The van der Waals surface area contributed by atoms with Gasteiger partial charge in [-0.15, -0.1) is 12.4 Å². The number of imidazole rings is 1. The minimum Gasteiger partial charge on any atom is -0.382 e. The lowest BCUT2D eigenvalue weighted by atomic mass is 10.4. The van der Waals surface area contributed by atoms with Crippen molar-refractivity contribution in [1.82, 2.24) is 15.4 Å². The Morgan fingerprint density at radius 1 is 1.82 bits per heavy atom. The third-order valence-corrected chi connectivity index (χ3v) is 0.997.